The Hall–Kier alpha value is -2.62. The smallest absolute Gasteiger partial charge is 0.367 e. The molecule has 2 aromatic carbocycles. The van der Waals surface area contributed by atoms with Crippen LogP contribution in [0.2, 0.25) is 5.02 Å². The molecule has 1 heterocycles. The number of nitrogens with one attached hydrogen (secondary N) is 2. The zero-order valence-electron chi connectivity index (χ0n) is 15.8. The number of benzene rings is 2. The van der Waals surface area contributed by atoms with Gasteiger partial charge in [0, 0.05) is 10.6 Å². The number of amides is 1. The van der Waals surface area contributed by atoms with E-state index in [0.717, 1.165) is 6.07 Å². The minimum atomic E-state index is -4.47. The van der Waals surface area contributed by atoms with Crippen LogP contribution in [0.1, 0.15) is 18.1 Å². The fourth-order valence-electron chi connectivity index (χ4n) is 3.03. The topological polar surface area (TPSA) is 53.6 Å². The Bertz CT molecular complexity index is 950. The molecule has 160 valence electrons. The normalized spacial score (nSPS) is 19.0. The highest BCUT2D eigenvalue weighted by molar-refractivity contribution is 6.30. The lowest BCUT2D eigenvalue weighted by atomic mass is 10.1. The third-order valence-corrected chi connectivity index (χ3v) is 4.49. The summed E-state index contributed by atoms with van der Waals surface area (Å²) in [5.41, 5.74) is 3.90. The van der Waals surface area contributed by atoms with Crippen LogP contribution in [0.15, 0.2) is 48.5 Å². The molecule has 2 aromatic rings. The number of carbonyl (C=O) groups excluding carboxylic acids is 1. The fraction of sp³-hybridized carbons (Fsp3) is 0.250. The van der Waals surface area contributed by atoms with Crippen molar-refractivity contribution in [3.8, 4) is 0 Å². The molecule has 1 aliphatic rings. The number of rotatable bonds is 7. The molecule has 0 fully saturated rings. The van der Waals surface area contributed by atoms with Gasteiger partial charge < -0.3 is 10.1 Å². The monoisotopic (exact) mass is 443 g/mol. The number of hydrazine groups is 1. The van der Waals surface area contributed by atoms with Crippen LogP contribution in [0, 0.1) is 5.82 Å². The molecule has 0 saturated heterocycles. The van der Waals surface area contributed by atoms with Crippen LogP contribution in [0.25, 0.3) is 5.70 Å². The summed E-state index contributed by atoms with van der Waals surface area (Å²) in [5.74, 6) is -0.632. The van der Waals surface area contributed by atoms with E-state index in [4.69, 9.17) is 11.6 Å². The van der Waals surface area contributed by atoms with Crippen LogP contribution >= 0.6 is 11.6 Å². The molecule has 1 atom stereocenters. The first-order chi connectivity index (χ1) is 14.1. The lowest BCUT2D eigenvalue weighted by Crippen LogP contribution is -2.54. The SMILES string of the molecule is CC1(NC=O)C=C(c2cc(F)cc(COCC(F)(F)F)c2)N(c2ccc(Cl)cc2)N1. The van der Waals surface area contributed by atoms with Gasteiger partial charge in [-0.1, -0.05) is 11.6 Å². The summed E-state index contributed by atoms with van der Waals surface area (Å²) in [6, 6.07) is 10.7. The number of carbonyl (C=O) groups is 1. The van der Waals surface area contributed by atoms with Gasteiger partial charge in [-0.25, -0.2) is 9.82 Å². The number of hydrogen-bond acceptors (Lipinski definition) is 4. The quantitative estimate of drug-likeness (QED) is 0.492. The first-order valence-corrected chi connectivity index (χ1v) is 9.18. The molecular weight excluding hydrogens is 426 g/mol. The highest BCUT2D eigenvalue weighted by Crippen LogP contribution is 2.33. The Morgan fingerprint density at radius 3 is 2.57 bits per heavy atom. The maximum Gasteiger partial charge on any atom is 0.411 e. The van der Waals surface area contributed by atoms with Gasteiger partial charge in [-0.05, 0) is 61.0 Å². The largest absolute Gasteiger partial charge is 0.411 e. The van der Waals surface area contributed by atoms with Gasteiger partial charge in [-0.15, -0.1) is 0 Å². The standard InChI is InChI=1S/C20H18ClF4N3O2/c1-19(26-12-29)9-18(28(27-19)17-4-2-15(21)3-5-17)14-6-13(7-16(22)8-14)10-30-11-20(23,24)25/h2-9,12,27H,10-11H2,1H3,(H,26,29). The van der Waals surface area contributed by atoms with Crippen LogP contribution < -0.4 is 15.8 Å². The van der Waals surface area contributed by atoms with E-state index in [-0.39, 0.29) is 5.56 Å². The third-order valence-electron chi connectivity index (χ3n) is 4.24. The minimum Gasteiger partial charge on any atom is -0.367 e. The van der Waals surface area contributed by atoms with E-state index in [9.17, 15) is 22.4 Å². The number of ether oxygens (including phenoxy) is 1. The van der Waals surface area contributed by atoms with E-state index in [0.29, 0.717) is 28.4 Å². The molecule has 0 saturated carbocycles. The van der Waals surface area contributed by atoms with Crippen molar-refractivity contribution in [1.82, 2.24) is 10.7 Å². The predicted octanol–water partition coefficient (Wildman–Crippen LogP) is 4.39. The minimum absolute atomic E-state index is 0.239. The van der Waals surface area contributed by atoms with Gasteiger partial charge in [0.1, 0.15) is 18.1 Å². The Labute approximate surface area is 175 Å². The van der Waals surface area contributed by atoms with Crippen molar-refractivity contribution in [1.29, 1.82) is 0 Å². The second-order valence-electron chi connectivity index (χ2n) is 6.87. The first kappa shape index (κ1) is 22.1. The van der Waals surface area contributed by atoms with Crippen molar-refractivity contribution in [2.45, 2.75) is 25.4 Å². The van der Waals surface area contributed by atoms with Crippen molar-refractivity contribution in [3.05, 3.63) is 70.5 Å². The van der Waals surface area contributed by atoms with Gasteiger partial charge in [-0.3, -0.25) is 9.80 Å². The van der Waals surface area contributed by atoms with Crippen LogP contribution in [-0.4, -0.2) is 24.9 Å². The van der Waals surface area contributed by atoms with E-state index < -0.39 is 30.9 Å². The molecule has 0 aromatic heterocycles. The van der Waals surface area contributed by atoms with Crippen molar-refractivity contribution >= 4 is 29.4 Å². The molecule has 3 rings (SSSR count). The molecular formula is C20H18ClF4N3O2. The van der Waals surface area contributed by atoms with Crippen LogP contribution in [-0.2, 0) is 16.1 Å². The molecule has 1 amide bonds. The lowest BCUT2D eigenvalue weighted by Gasteiger charge is -2.28. The zero-order valence-corrected chi connectivity index (χ0v) is 16.5. The average Bonchev–Trinajstić information content (AvgIpc) is 2.99. The Kier molecular flexibility index (Phi) is 6.35. The predicted molar refractivity (Wildman–Crippen MR) is 105 cm³/mol. The van der Waals surface area contributed by atoms with E-state index in [1.54, 1.807) is 42.3 Å². The van der Waals surface area contributed by atoms with Crippen LogP contribution in [0.4, 0.5) is 23.2 Å². The molecule has 0 bridgehead atoms. The molecule has 0 spiro atoms. The summed E-state index contributed by atoms with van der Waals surface area (Å²) in [7, 11) is 0. The van der Waals surface area contributed by atoms with E-state index >= 15 is 0 Å². The molecule has 2 N–H and O–H groups in total. The average molecular weight is 444 g/mol. The molecule has 0 aliphatic carbocycles. The Balaban J connectivity index is 1.94. The van der Waals surface area contributed by atoms with E-state index in [2.05, 4.69) is 15.5 Å². The maximum atomic E-state index is 14.2. The van der Waals surface area contributed by atoms with Gasteiger partial charge in [0.15, 0.2) is 0 Å². The van der Waals surface area contributed by atoms with Crippen molar-refractivity contribution in [2.75, 3.05) is 11.6 Å². The third kappa shape index (κ3) is 5.50. The number of alkyl halides is 3. The Morgan fingerprint density at radius 1 is 1.23 bits per heavy atom. The van der Waals surface area contributed by atoms with Gasteiger partial charge >= 0.3 is 6.18 Å². The molecule has 30 heavy (non-hydrogen) atoms. The van der Waals surface area contributed by atoms with Gasteiger partial charge in [0.2, 0.25) is 6.41 Å². The van der Waals surface area contributed by atoms with Crippen molar-refractivity contribution in [3.63, 3.8) is 0 Å². The molecule has 1 aliphatic heterocycles. The van der Waals surface area contributed by atoms with Crippen LogP contribution in [0.3, 0.4) is 0 Å². The molecule has 5 nitrogen and oxygen atoms in total. The molecule has 0 radical (unpaired) electrons. The highest BCUT2D eigenvalue weighted by atomic mass is 35.5. The van der Waals surface area contributed by atoms with Gasteiger partial charge in [0.25, 0.3) is 0 Å². The highest BCUT2D eigenvalue weighted by Gasteiger charge is 2.34. The summed E-state index contributed by atoms with van der Waals surface area (Å²) in [6.45, 7) is -0.138. The maximum absolute atomic E-state index is 14.2. The van der Waals surface area contributed by atoms with E-state index in [1.807, 2.05) is 0 Å². The van der Waals surface area contributed by atoms with E-state index in [1.165, 1.54) is 12.1 Å². The number of hydrogen-bond donors (Lipinski definition) is 2. The van der Waals surface area contributed by atoms with Gasteiger partial charge in [0.05, 0.1) is 18.0 Å². The summed E-state index contributed by atoms with van der Waals surface area (Å²) >= 11 is 5.94. The zero-order chi connectivity index (χ0) is 21.9. The number of anilines is 1. The lowest BCUT2D eigenvalue weighted by molar-refractivity contribution is -0.176. The summed E-state index contributed by atoms with van der Waals surface area (Å²) in [4.78, 5) is 11.0. The summed E-state index contributed by atoms with van der Waals surface area (Å²) in [5, 5.41) is 4.78. The summed E-state index contributed by atoms with van der Waals surface area (Å²) < 4.78 is 55.8. The fourth-order valence-corrected chi connectivity index (χ4v) is 3.16. The first-order valence-electron chi connectivity index (χ1n) is 8.81. The second-order valence-corrected chi connectivity index (χ2v) is 7.31. The van der Waals surface area contributed by atoms with Gasteiger partial charge in [-0.2, -0.15) is 13.2 Å². The molecule has 10 heteroatoms. The Morgan fingerprint density at radius 2 is 1.93 bits per heavy atom. The number of halogens is 5. The van der Waals surface area contributed by atoms with Crippen LogP contribution in [0.5, 0.6) is 0 Å². The van der Waals surface area contributed by atoms with Crippen molar-refractivity contribution < 1.29 is 27.1 Å². The summed E-state index contributed by atoms with van der Waals surface area (Å²) in [6.07, 6.45) is -2.28. The number of nitrogens with zero attached hydrogens (tertiary/aromatic N) is 1. The molecule has 1 unspecified atom stereocenters. The van der Waals surface area contributed by atoms with Crippen molar-refractivity contribution in [2.24, 2.45) is 0 Å². The second kappa shape index (κ2) is 8.63.